The number of benzene rings is 2. The Kier molecular flexibility index (Phi) is 11.3. The molecule has 212 valence electrons. The second kappa shape index (κ2) is 14.9. The second-order valence-corrected chi connectivity index (χ2v) is 12.0. The number of methoxy groups -OCH3 is 1. The number of carbonyl (C=O) groups is 2. The highest BCUT2D eigenvalue weighted by Crippen LogP contribution is 2.30. The van der Waals surface area contributed by atoms with Crippen molar-refractivity contribution < 1.29 is 19.1 Å². The van der Waals surface area contributed by atoms with Crippen molar-refractivity contribution in [2.45, 2.75) is 70.5 Å². The number of thioether (sulfide) groups is 1. The van der Waals surface area contributed by atoms with Crippen LogP contribution in [0.4, 0.5) is 0 Å². The zero-order valence-corrected chi connectivity index (χ0v) is 24.6. The molecule has 1 N–H and O–H groups in total. The van der Waals surface area contributed by atoms with Crippen molar-refractivity contribution in [1.29, 1.82) is 0 Å². The van der Waals surface area contributed by atoms with Crippen molar-refractivity contribution in [1.82, 2.24) is 10.2 Å². The number of nitrogens with zero attached hydrogens (tertiary/aromatic N) is 1. The first-order valence-corrected chi connectivity index (χ1v) is 15.8. The molecule has 39 heavy (non-hydrogen) atoms. The van der Waals surface area contributed by atoms with Crippen LogP contribution in [-0.4, -0.2) is 67.7 Å². The molecule has 2 aromatic carbocycles. The normalized spacial score (nSPS) is 18.8. The van der Waals surface area contributed by atoms with E-state index in [0.29, 0.717) is 18.0 Å². The molecule has 0 unspecified atom stereocenters. The third-order valence-electron chi connectivity index (χ3n) is 8.21. The summed E-state index contributed by atoms with van der Waals surface area (Å²) in [6.07, 6.45) is 10.4. The average molecular weight is 553 g/mol. The average Bonchev–Trinajstić information content (AvgIpc) is 2.95. The molecule has 0 radical (unpaired) electrons. The van der Waals surface area contributed by atoms with E-state index in [-0.39, 0.29) is 5.91 Å². The topological polar surface area (TPSA) is 67.9 Å². The van der Waals surface area contributed by atoms with Gasteiger partial charge in [0.2, 0.25) is 0 Å². The zero-order valence-electron chi connectivity index (χ0n) is 23.7. The van der Waals surface area contributed by atoms with Gasteiger partial charge in [-0.15, -0.1) is 0 Å². The van der Waals surface area contributed by atoms with Crippen molar-refractivity contribution in [3.05, 3.63) is 59.2 Å². The van der Waals surface area contributed by atoms with E-state index in [1.54, 1.807) is 11.8 Å². The number of esters is 1. The van der Waals surface area contributed by atoms with Crippen LogP contribution in [0.1, 0.15) is 66.4 Å². The summed E-state index contributed by atoms with van der Waals surface area (Å²) >= 11 is 1.64. The first kappa shape index (κ1) is 29.6. The fourth-order valence-electron chi connectivity index (χ4n) is 5.70. The summed E-state index contributed by atoms with van der Waals surface area (Å²) in [5, 5.41) is 2.93. The van der Waals surface area contributed by atoms with E-state index < -0.39 is 12.0 Å². The number of likely N-dealkylation sites (tertiary alicyclic amines) is 1. The summed E-state index contributed by atoms with van der Waals surface area (Å²) < 4.78 is 11.1. The number of hydrogen-bond acceptors (Lipinski definition) is 6. The minimum absolute atomic E-state index is 0.255. The van der Waals surface area contributed by atoms with Crippen molar-refractivity contribution in [2.24, 2.45) is 5.92 Å². The molecule has 1 aliphatic carbocycles. The molecule has 2 aromatic rings. The van der Waals surface area contributed by atoms with Crippen LogP contribution in [0.2, 0.25) is 0 Å². The maximum absolute atomic E-state index is 13.5. The summed E-state index contributed by atoms with van der Waals surface area (Å²) in [5.74, 6) is 0.822. The number of ether oxygens (including phenoxy) is 2. The Bertz CT molecular complexity index is 1100. The molecule has 2 atom stereocenters. The number of hydrogen-bond donors (Lipinski definition) is 1. The molecule has 1 amide bonds. The highest BCUT2D eigenvalue weighted by atomic mass is 32.2. The predicted octanol–water partition coefficient (Wildman–Crippen LogP) is 5.86. The van der Waals surface area contributed by atoms with E-state index in [0.717, 1.165) is 54.7 Å². The molecule has 0 aromatic heterocycles. The molecule has 1 aliphatic heterocycles. The third kappa shape index (κ3) is 8.09. The molecule has 0 spiro atoms. The van der Waals surface area contributed by atoms with E-state index in [9.17, 15) is 9.59 Å². The molecule has 0 bridgehead atoms. The Morgan fingerprint density at radius 2 is 1.85 bits per heavy atom. The number of aryl methyl sites for hydroxylation is 1. The monoisotopic (exact) mass is 552 g/mol. The van der Waals surface area contributed by atoms with E-state index in [2.05, 4.69) is 35.3 Å². The molecule has 1 heterocycles. The minimum Gasteiger partial charge on any atom is -0.467 e. The molecule has 4 rings (SSSR count). The van der Waals surface area contributed by atoms with Crippen molar-refractivity contribution >= 4 is 23.6 Å². The molecule has 6 nitrogen and oxygen atoms in total. The Morgan fingerprint density at radius 1 is 1.05 bits per heavy atom. The van der Waals surface area contributed by atoms with Gasteiger partial charge in [-0.25, -0.2) is 4.79 Å². The van der Waals surface area contributed by atoms with Gasteiger partial charge in [-0.2, -0.15) is 11.8 Å². The molecule has 1 saturated carbocycles. The first-order valence-electron chi connectivity index (χ1n) is 14.4. The standard InChI is InChI=1S/C32H44N2O4S/c1-23-9-7-8-12-27(23)29-19-25(13-14-28(29)31(35)33-30(16-18-39-3)32(36)37-2)20-34-17-15-26(34)22-38-21-24-10-5-4-6-11-24/h7-9,12-14,19,24,26,30H,4-6,10-11,15-18,20-22H2,1-3H3,(H,33,35)/t26-,30-/m0/s1. The van der Waals surface area contributed by atoms with Crippen LogP contribution < -0.4 is 5.32 Å². The lowest BCUT2D eigenvalue weighted by Gasteiger charge is -2.41. The number of amides is 1. The molecular weight excluding hydrogens is 508 g/mol. The van der Waals surface area contributed by atoms with Crippen molar-refractivity contribution in [2.75, 3.05) is 38.9 Å². The first-order chi connectivity index (χ1) is 19.0. The summed E-state index contributed by atoms with van der Waals surface area (Å²) in [7, 11) is 1.36. The van der Waals surface area contributed by atoms with Gasteiger partial charge >= 0.3 is 5.97 Å². The van der Waals surface area contributed by atoms with E-state index in [4.69, 9.17) is 9.47 Å². The number of nitrogens with one attached hydrogen (secondary N) is 1. The van der Waals surface area contributed by atoms with Gasteiger partial charge < -0.3 is 14.8 Å². The number of carbonyl (C=O) groups excluding carboxylic acids is 2. The minimum atomic E-state index is -0.671. The van der Waals surface area contributed by atoms with Crippen molar-refractivity contribution in [3.8, 4) is 11.1 Å². The Balaban J connectivity index is 1.47. The zero-order chi connectivity index (χ0) is 27.6. The lowest BCUT2D eigenvalue weighted by Crippen LogP contribution is -2.49. The van der Waals surface area contributed by atoms with E-state index in [1.807, 2.05) is 30.5 Å². The summed E-state index contributed by atoms with van der Waals surface area (Å²) in [5.41, 5.74) is 4.77. The predicted molar refractivity (Wildman–Crippen MR) is 159 cm³/mol. The summed E-state index contributed by atoms with van der Waals surface area (Å²) in [4.78, 5) is 28.3. The Morgan fingerprint density at radius 3 is 2.54 bits per heavy atom. The highest BCUT2D eigenvalue weighted by Gasteiger charge is 2.29. The quantitative estimate of drug-likeness (QED) is 0.314. The van der Waals surface area contributed by atoms with Crippen LogP contribution >= 0.6 is 11.8 Å². The maximum atomic E-state index is 13.5. The molecular formula is C32H44N2O4S. The second-order valence-electron chi connectivity index (χ2n) is 11.0. The van der Waals surface area contributed by atoms with Crippen LogP contribution in [0.15, 0.2) is 42.5 Å². The third-order valence-corrected chi connectivity index (χ3v) is 8.85. The molecule has 2 fully saturated rings. The van der Waals surface area contributed by atoms with Gasteiger partial charge in [0.1, 0.15) is 6.04 Å². The smallest absolute Gasteiger partial charge is 0.328 e. The van der Waals surface area contributed by atoms with Gasteiger partial charge in [0.05, 0.1) is 13.7 Å². The Labute approximate surface area is 238 Å². The van der Waals surface area contributed by atoms with Gasteiger partial charge in [-0.1, -0.05) is 49.6 Å². The molecule has 1 saturated heterocycles. The van der Waals surface area contributed by atoms with Gasteiger partial charge in [0.25, 0.3) is 5.91 Å². The summed E-state index contributed by atoms with van der Waals surface area (Å²) in [6.45, 7) is 5.66. The Hall–Kier alpha value is -2.35. The lowest BCUT2D eigenvalue weighted by atomic mass is 9.90. The SMILES string of the molecule is COC(=O)[C@H](CCSC)NC(=O)c1ccc(CN2CC[C@H]2COCC2CCCCC2)cc1-c1ccccc1C. The van der Waals surface area contributed by atoms with Gasteiger partial charge in [0.15, 0.2) is 0 Å². The van der Waals surface area contributed by atoms with Gasteiger partial charge in [0, 0.05) is 31.3 Å². The maximum Gasteiger partial charge on any atom is 0.328 e. The summed E-state index contributed by atoms with van der Waals surface area (Å²) in [6, 6.07) is 14.0. The highest BCUT2D eigenvalue weighted by molar-refractivity contribution is 7.98. The molecule has 2 aliphatic rings. The van der Waals surface area contributed by atoms with Crippen LogP contribution in [0, 0.1) is 12.8 Å². The van der Waals surface area contributed by atoms with Crippen LogP contribution in [0.3, 0.4) is 0 Å². The van der Waals surface area contributed by atoms with Gasteiger partial charge in [-0.3, -0.25) is 9.69 Å². The fourth-order valence-corrected chi connectivity index (χ4v) is 6.17. The van der Waals surface area contributed by atoms with Crippen LogP contribution in [0.25, 0.3) is 11.1 Å². The van der Waals surface area contributed by atoms with E-state index in [1.165, 1.54) is 51.2 Å². The van der Waals surface area contributed by atoms with Crippen LogP contribution in [0.5, 0.6) is 0 Å². The largest absolute Gasteiger partial charge is 0.467 e. The lowest BCUT2D eigenvalue weighted by molar-refractivity contribution is -0.142. The fraction of sp³-hybridized carbons (Fsp3) is 0.562. The van der Waals surface area contributed by atoms with Crippen LogP contribution in [-0.2, 0) is 20.8 Å². The number of rotatable bonds is 13. The van der Waals surface area contributed by atoms with E-state index >= 15 is 0 Å². The van der Waals surface area contributed by atoms with Crippen molar-refractivity contribution in [3.63, 3.8) is 0 Å². The van der Waals surface area contributed by atoms with Gasteiger partial charge in [-0.05, 0) is 84.9 Å². The molecule has 7 heteroatoms.